The van der Waals surface area contributed by atoms with E-state index in [0.717, 1.165) is 12.0 Å². The molecule has 7 nitrogen and oxygen atoms in total. The van der Waals surface area contributed by atoms with Gasteiger partial charge in [-0.2, -0.15) is 0 Å². The van der Waals surface area contributed by atoms with Crippen LogP contribution in [0.15, 0.2) is 24.3 Å². The van der Waals surface area contributed by atoms with E-state index in [-0.39, 0.29) is 48.0 Å². The number of imide groups is 1. The van der Waals surface area contributed by atoms with Gasteiger partial charge in [-0.3, -0.25) is 24.1 Å². The van der Waals surface area contributed by atoms with Crippen molar-refractivity contribution in [2.24, 2.45) is 5.92 Å². The van der Waals surface area contributed by atoms with Crippen LogP contribution < -0.4 is 5.32 Å². The smallest absolute Gasteiger partial charge is 0.232 e. The molecule has 0 radical (unpaired) electrons. The third-order valence-corrected chi connectivity index (χ3v) is 4.96. The summed E-state index contributed by atoms with van der Waals surface area (Å²) in [6.45, 7) is 3.60. The number of nitrogens with zero attached hydrogens (tertiary/aromatic N) is 1. The summed E-state index contributed by atoms with van der Waals surface area (Å²) in [5, 5.41) is 12.1. The quantitative estimate of drug-likeness (QED) is 0.471. The molecule has 1 heterocycles. The van der Waals surface area contributed by atoms with Gasteiger partial charge in [0.15, 0.2) is 5.78 Å². The summed E-state index contributed by atoms with van der Waals surface area (Å²) in [4.78, 5) is 48.8. The first kappa shape index (κ1) is 21.6. The minimum absolute atomic E-state index is 0.110. The van der Waals surface area contributed by atoms with Crippen molar-refractivity contribution in [3.63, 3.8) is 0 Å². The number of phenols is 1. The van der Waals surface area contributed by atoms with Crippen molar-refractivity contribution in [3.8, 4) is 5.75 Å². The lowest BCUT2D eigenvalue weighted by Gasteiger charge is -2.16. The van der Waals surface area contributed by atoms with Gasteiger partial charge in [-0.25, -0.2) is 0 Å². The van der Waals surface area contributed by atoms with Crippen LogP contribution in [0.4, 0.5) is 0 Å². The van der Waals surface area contributed by atoms with Gasteiger partial charge in [0.1, 0.15) is 5.75 Å². The molecule has 1 aliphatic rings. The van der Waals surface area contributed by atoms with Gasteiger partial charge in [0, 0.05) is 25.3 Å². The van der Waals surface area contributed by atoms with E-state index in [2.05, 4.69) is 5.32 Å². The summed E-state index contributed by atoms with van der Waals surface area (Å²) in [6, 6.07) is 5.94. The molecule has 28 heavy (non-hydrogen) atoms. The third kappa shape index (κ3) is 6.18. The molecule has 0 aliphatic carbocycles. The Hall–Kier alpha value is -2.70. The molecular formula is C21H28N2O5. The molecular weight excluding hydrogens is 360 g/mol. The molecule has 0 spiro atoms. The van der Waals surface area contributed by atoms with Crippen LogP contribution in [-0.4, -0.2) is 46.1 Å². The van der Waals surface area contributed by atoms with Crippen LogP contribution in [0.1, 0.15) is 51.5 Å². The van der Waals surface area contributed by atoms with E-state index in [1.54, 1.807) is 31.2 Å². The molecule has 1 aromatic rings. The van der Waals surface area contributed by atoms with E-state index < -0.39 is 6.04 Å². The number of phenolic OH excluding ortho intramolecular Hbond substituents is 1. The fraction of sp³-hybridized carbons (Fsp3) is 0.524. The number of ketones is 1. The highest BCUT2D eigenvalue weighted by Gasteiger charge is 2.34. The zero-order valence-corrected chi connectivity index (χ0v) is 16.4. The summed E-state index contributed by atoms with van der Waals surface area (Å²) in [6.07, 6.45) is 2.97. The molecule has 0 saturated carbocycles. The van der Waals surface area contributed by atoms with Gasteiger partial charge in [-0.15, -0.1) is 0 Å². The lowest BCUT2D eigenvalue weighted by Crippen LogP contribution is -2.41. The number of unbranched alkanes of at least 4 members (excludes halogenated alkanes) is 2. The zero-order chi connectivity index (χ0) is 20.7. The fourth-order valence-electron chi connectivity index (χ4n) is 3.25. The topological polar surface area (TPSA) is 104 Å². The molecule has 0 bridgehead atoms. The number of benzene rings is 1. The number of hydrogen-bond acceptors (Lipinski definition) is 5. The van der Waals surface area contributed by atoms with Crippen molar-refractivity contribution in [3.05, 3.63) is 29.8 Å². The minimum atomic E-state index is -0.599. The molecule has 152 valence electrons. The van der Waals surface area contributed by atoms with Gasteiger partial charge >= 0.3 is 0 Å². The van der Waals surface area contributed by atoms with E-state index in [4.69, 9.17) is 0 Å². The van der Waals surface area contributed by atoms with Gasteiger partial charge in [0.05, 0.1) is 6.04 Å². The lowest BCUT2D eigenvalue weighted by atomic mass is 10.0. The van der Waals surface area contributed by atoms with Crippen LogP contribution in [0.25, 0.3) is 0 Å². The number of likely N-dealkylation sites (tertiary alicyclic amines) is 1. The van der Waals surface area contributed by atoms with E-state index in [0.29, 0.717) is 25.8 Å². The summed E-state index contributed by atoms with van der Waals surface area (Å²) in [7, 11) is 0. The molecule has 1 aromatic carbocycles. The van der Waals surface area contributed by atoms with Crippen molar-refractivity contribution < 1.29 is 24.3 Å². The standard InChI is InChI=1S/C21H28N2O5/c1-14-12-20(27)23(21(14)28)11-5-3-4-6-19(26)22-18(15(2)24)13-16-7-9-17(25)10-8-16/h7-10,14,18,25H,3-6,11-13H2,1-2H3,(H,22,26)/t14?,18-/m0/s1. The van der Waals surface area contributed by atoms with E-state index >= 15 is 0 Å². The maximum Gasteiger partial charge on any atom is 0.232 e. The van der Waals surface area contributed by atoms with E-state index in [1.165, 1.54) is 11.8 Å². The van der Waals surface area contributed by atoms with Crippen molar-refractivity contribution in [2.45, 2.75) is 58.4 Å². The van der Waals surface area contributed by atoms with Crippen molar-refractivity contribution in [1.82, 2.24) is 10.2 Å². The number of amides is 3. The normalized spacial score (nSPS) is 17.6. The Morgan fingerprint density at radius 1 is 1.18 bits per heavy atom. The van der Waals surface area contributed by atoms with Crippen LogP contribution in [0, 0.1) is 5.92 Å². The second kappa shape index (κ2) is 10.0. The van der Waals surface area contributed by atoms with Gasteiger partial charge < -0.3 is 10.4 Å². The monoisotopic (exact) mass is 388 g/mol. The minimum Gasteiger partial charge on any atom is -0.508 e. The molecule has 1 fully saturated rings. The van der Waals surface area contributed by atoms with Crippen molar-refractivity contribution in [2.75, 3.05) is 6.54 Å². The Labute approximate surface area is 165 Å². The maximum atomic E-state index is 12.1. The number of carbonyl (C=O) groups excluding carboxylic acids is 4. The SMILES string of the molecule is CC(=O)[C@H](Cc1ccc(O)cc1)NC(=O)CCCCCN1C(=O)CC(C)C1=O. The molecule has 2 rings (SSSR count). The number of carbonyl (C=O) groups is 4. The van der Waals surface area contributed by atoms with Gasteiger partial charge in [0.2, 0.25) is 17.7 Å². The molecule has 3 amide bonds. The molecule has 0 aromatic heterocycles. The highest BCUT2D eigenvalue weighted by atomic mass is 16.3. The first-order valence-corrected chi connectivity index (χ1v) is 9.70. The molecule has 7 heteroatoms. The highest BCUT2D eigenvalue weighted by molar-refractivity contribution is 6.03. The Bertz CT molecular complexity index is 729. The van der Waals surface area contributed by atoms with Crippen LogP contribution in [-0.2, 0) is 25.6 Å². The van der Waals surface area contributed by atoms with E-state index in [9.17, 15) is 24.3 Å². The first-order chi connectivity index (χ1) is 13.3. The maximum absolute atomic E-state index is 12.1. The number of nitrogens with one attached hydrogen (secondary N) is 1. The van der Waals surface area contributed by atoms with Crippen LogP contribution in [0.2, 0.25) is 0 Å². The average molecular weight is 388 g/mol. The van der Waals surface area contributed by atoms with Gasteiger partial charge in [-0.1, -0.05) is 25.5 Å². The number of hydrogen-bond donors (Lipinski definition) is 2. The second-order valence-electron chi connectivity index (χ2n) is 7.40. The number of rotatable bonds is 10. The zero-order valence-electron chi connectivity index (χ0n) is 16.4. The van der Waals surface area contributed by atoms with Crippen molar-refractivity contribution in [1.29, 1.82) is 0 Å². The Balaban J connectivity index is 1.70. The Kier molecular flexibility index (Phi) is 7.72. The van der Waals surface area contributed by atoms with Crippen LogP contribution in [0.5, 0.6) is 5.75 Å². The number of Topliss-reactive ketones (excluding diaryl/α,β-unsaturated/α-hetero) is 1. The summed E-state index contributed by atoms with van der Waals surface area (Å²) in [5.74, 6) is -0.619. The molecule has 1 aliphatic heterocycles. The Morgan fingerprint density at radius 3 is 2.43 bits per heavy atom. The predicted octanol–water partition coefficient (Wildman–Crippen LogP) is 1.96. The van der Waals surface area contributed by atoms with Crippen LogP contribution >= 0.6 is 0 Å². The van der Waals surface area contributed by atoms with E-state index in [1.807, 2.05) is 0 Å². The molecule has 1 saturated heterocycles. The lowest BCUT2D eigenvalue weighted by molar-refractivity contribution is -0.139. The summed E-state index contributed by atoms with van der Waals surface area (Å²) < 4.78 is 0. The van der Waals surface area contributed by atoms with Crippen molar-refractivity contribution >= 4 is 23.5 Å². The predicted molar refractivity (Wildman–Crippen MR) is 103 cm³/mol. The largest absolute Gasteiger partial charge is 0.508 e. The molecule has 2 atom stereocenters. The molecule has 1 unspecified atom stereocenters. The second-order valence-corrected chi connectivity index (χ2v) is 7.40. The summed E-state index contributed by atoms with van der Waals surface area (Å²) in [5.41, 5.74) is 0.854. The van der Waals surface area contributed by atoms with Crippen LogP contribution in [0.3, 0.4) is 0 Å². The van der Waals surface area contributed by atoms with Gasteiger partial charge in [0.25, 0.3) is 0 Å². The number of aromatic hydroxyl groups is 1. The third-order valence-electron chi connectivity index (χ3n) is 4.96. The Morgan fingerprint density at radius 2 is 1.86 bits per heavy atom. The first-order valence-electron chi connectivity index (χ1n) is 9.70. The van der Waals surface area contributed by atoms with Gasteiger partial charge in [-0.05, 0) is 43.9 Å². The molecule has 2 N–H and O–H groups in total. The fourth-order valence-corrected chi connectivity index (χ4v) is 3.25. The summed E-state index contributed by atoms with van der Waals surface area (Å²) >= 11 is 0. The highest BCUT2D eigenvalue weighted by Crippen LogP contribution is 2.19. The average Bonchev–Trinajstić information content (AvgIpc) is 2.88.